The minimum atomic E-state index is -0.933. The number of imidazole rings is 1. The summed E-state index contributed by atoms with van der Waals surface area (Å²) in [6, 6.07) is 4.86. The van der Waals surface area contributed by atoms with E-state index < -0.39 is 5.97 Å². The Bertz CT molecular complexity index is 577. The van der Waals surface area contributed by atoms with Gasteiger partial charge in [-0.2, -0.15) is 0 Å². The summed E-state index contributed by atoms with van der Waals surface area (Å²) in [5.74, 6) is -0.256. The van der Waals surface area contributed by atoms with Gasteiger partial charge in [0.15, 0.2) is 0 Å². The van der Waals surface area contributed by atoms with Crippen LogP contribution in [0.2, 0.25) is 0 Å². The van der Waals surface area contributed by atoms with Gasteiger partial charge in [-0.3, -0.25) is 0 Å². The number of aromatic nitrogens is 2. The standard InChI is InChI=1S/C13H18N4O2/c1-17(2)7-3-6-14-13-15-10-5-4-9(12(18)19)8-11(10)16-13/h4-5,8H,3,6-7H2,1-2H3,(H,18,19)(H2,14,15,16). The van der Waals surface area contributed by atoms with E-state index in [1.165, 1.54) is 0 Å². The van der Waals surface area contributed by atoms with Gasteiger partial charge in [0.1, 0.15) is 0 Å². The van der Waals surface area contributed by atoms with Crippen molar-refractivity contribution >= 4 is 23.0 Å². The van der Waals surface area contributed by atoms with Gasteiger partial charge in [0.25, 0.3) is 0 Å². The smallest absolute Gasteiger partial charge is 0.335 e. The van der Waals surface area contributed by atoms with Crippen LogP contribution >= 0.6 is 0 Å². The molecule has 19 heavy (non-hydrogen) atoms. The molecule has 6 heteroatoms. The number of carbonyl (C=O) groups is 1. The maximum Gasteiger partial charge on any atom is 0.335 e. The van der Waals surface area contributed by atoms with E-state index in [0.717, 1.165) is 30.5 Å². The Morgan fingerprint density at radius 3 is 2.95 bits per heavy atom. The van der Waals surface area contributed by atoms with E-state index in [-0.39, 0.29) is 5.56 Å². The predicted octanol–water partition coefficient (Wildman–Crippen LogP) is 1.62. The highest BCUT2D eigenvalue weighted by molar-refractivity contribution is 5.92. The van der Waals surface area contributed by atoms with Crippen molar-refractivity contribution in [3.05, 3.63) is 23.8 Å². The van der Waals surface area contributed by atoms with Gasteiger partial charge < -0.3 is 20.3 Å². The van der Waals surface area contributed by atoms with Crippen molar-refractivity contribution in [3.63, 3.8) is 0 Å². The first-order valence-corrected chi connectivity index (χ1v) is 6.18. The average Bonchev–Trinajstić information content (AvgIpc) is 2.75. The van der Waals surface area contributed by atoms with E-state index in [4.69, 9.17) is 5.11 Å². The molecule has 102 valence electrons. The Morgan fingerprint density at radius 2 is 2.26 bits per heavy atom. The molecule has 2 aromatic rings. The second-order valence-corrected chi connectivity index (χ2v) is 4.71. The first-order chi connectivity index (χ1) is 9.06. The van der Waals surface area contributed by atoms with Crippen molar-refractivity contribution in [2.45, 2.75) is 6.42 Å². The molecule has 0 aliphatic heterocycles. The van der Waals surface area contributed by atoms with Crippen LogP contribution in [0.1, 0.15) is 16.8 Å². The maximum absolute atomic E-state index is 10.9. The lowest BCUT2D eigenvalue weighted by atomic mass is 10.2. The van der Waals surface area contributed by atoms with Gasteiger partial charge in [0.2, 0.25) is 5.95 Å². The lowest BCUT2D eigenvalue weighted by Gasteiger charge is -2.08. The molecule has 0 atom stereocenters. The Morgan fingerprint density at radius 1 is 1.47 bits per heavy atom. The largest absolute Gasteiger partial charge is 0.478 e. The molecule has 0 radical (unpaired) electrons. The molecule has 0 amide bonds. The lowest BCUT2D eigenvalue weighted by Crippen LogP contribution is -2.16. The van der Waals surface area contributed by atoms with Crippen LogP contribution < -0.4 is 5.32 Å². The molecule has 6 nitrogen and oxygen atoms in total. The monoisotopic (exact) mass is 262 g/mol. The lowest BCUT2D eigenvalue weighted by molar-refractivity contribution is 0.0697. The molecule has 0 spiro atoms. The van der Waals surface area contributed by atoms with Crippen LogP contribution in [-0.4, -0.2) is 53.1 Å². The minimum Gasteiger partial charge on any atom is -0.478 e. The fourth-order valence-corrected chi connectivity index (χ4v) is 1.83. The molecule has 2 rings (SSSR count). The van der Waals surface area contributed by atoms with E-state index in [1.54, 1.807) is 18.2 Å². The average molecular weight is 262 g/mol. The number of benzene rings is 1. The van der Waals surface area contributed by atoms with Crippen molar-refractivity contribution in [2.24, 2.45) is 0 Å². The van der Waals surface area contributed by atoms with Crippen LogP contribution in [-0.2, 0) is 0 Å². The number of hydrogen-bond donors (Lipinski definition) is 3. The number of H-pyrrole nitrogens is 1. The molecule has 1 aromatic heterocycles. The van der Waals surface area contributed by atoms with E-state index in [1.807, 2.05) is 14.1 Å². The van der Waals surface area contributed by atoms with Gasteiger partial charge in [-0.1, -0.05) is 0 Å². The minimum absolute atomic E-state index is 0.260. The zero-order valence-corrected chi connectivity index (χ0v) is 11.1. The summed E-state index contributed by atoms with van der Waals surface area (Å²) < 4.78 is 0. The molecule has 1 aromatic carbocycles. The summed E-state index contributed by atoms with van der Waals surface area (Å²) in [6.45, 7) is 1.83. The third-order valence-electron chi connectivity index (χ3n) is 2.80. The van der Waals surface area contributed by atoms with Crippen LogP contribution in [0, 0.1) is 0 Å². The number of nitrogens with one attached hydrogen (secondary N) is 2. The van der Waals surface area contributed by atoms with Gasteiger partial charge in [-0.05, 0) is 45.3 Å². The van der Waals surface area contributed by atoms with E-state index in [9.17, 15) is 4.79 Å². The van der Waals surface area contributed by atoms with E-state index >= 15 is 0 Å². The summed E-state index contributed by atoms with van der Waals surface area (Å²) in [7, 11) is 4.07. The zero-order chi connectivity index (χ0) is 13.8. The number of fused-ring (bicyclic) bond motifs is 1. The normalized spacial score (nSPS) is 11.1. The van der Waals surface area contributed by atoms with Gasteiger partial charge in [-0.15, -0.1) is 0 Å². The Labute approximate surface area is 111 Å². The third kappa shape index (κ3) is 3.45. The molecule has 1 heterocycles. The molecule has 0 saturated carbocycles. The van der Waals surface area contributed by atoms with Crippen LogP contribution in [0.5, 0.6) is 0 Å². The van der Waals surface area contributed by atoms with E-state index in [0.29, 0.717) is 5.95 Å². The number of hydrogen-bond acceptors (Lipinski definition) is 4. The van der Waals surface area contributed by atoms with E-state index in [2.05, 4.69) is 20.2 Å². The first-order valence-electron chi connectivity index (χ1n) is 6.18. The van der Waals surface area contributed by atoms with Crippen molar-refractivity contribution in [1.29, 1.82) is 0 Å². The van der Waals surface area contributed by atoms with Gasteiger partial charge in [0, 0.05) is 6.54 Å². The third-order valence-corrected chi connectivity index (χ3v) is 2.80. The summed E-state index contributed by atoms with van der Waals surface area (Å²) in [4.78, 5) is 20.4. The Hall–Kier alpha value is -2.08. The van der Waals surface area contributed by atoms with Crippen LogP contribution in [0.25, 0.3) is 11.0 Å². The number of anilines is 1. The predicted molar refractivity (Wildman–Crippen MR) is 74.7 cm³/mol. The van der Waals surface area contributed by atoms with Gasteiger partial charge in [0.05, 0.1) is 16.6 Å². The summed E-state index contributed by atoms with van der Waals surface area (Å²) >= 11 is 0. The second-order valence-electron chi connectivity index (χ2n) is 4.71. The van der Waals surface area contributed by atoms with Crippen molar-refractivity contribution in [3.8, 4) is 0 Å². The van der Waals surface area contributed by atoms with Crippen molar-refractivity contribution in [1.82, 2.24) is 14.9 Å². The van der Waals surface area contributed by atoms with Crippen LogP contribution in [0.15, 0.2) is 18.2 Å². The topological polar surface area (TPSA) is 81.2 Å². The van der Waals surface area contributed by atoms with Crippen LogP contribution in [0.3, 0.4) is 0 Å². The molecule has 0 unspecified atom stereocenters. The Kier molecular flexibility index (Phi) is 4.01. The number of aromatic amines is 1. The molecule has 0 aliphatic rings. The maximum atomic E-state index is 10.9. The number of aromatic carboxylic acids is 1. The van der Waals surface area contributed by atoms with Gasteiger partial charge in [-0.25, -0.2) is 9.78 Å². The zero-order valence-electron chi connectivity index (χ0n) is 11.1. The number of carboxylic acids is 1. The van der Waals surface area contributed by atoms with Crippen LogP contribution in [0.4, 0.5) is 5.95 Å². The molecule has 0 aliphatic carbocycles. The highest BCUT2D eigenvalue weighted by Gasteiger charge is 2.07. The Balaban J connectivity index is 2.03. The fourth-order valence-electron chi connectivity index (χ4n) is 1.83. The fraction of sp³-hybridized carbons (Fsp3) is 0.385. The van der Waals surface area contributed by atoms with Gasteiger partial charge >= 0.3 is 5.97 Å². The highest BCUT2D eigenvalue weighted by Crippen LogP contribution is 2.16. The first kappa shape index (κ1) is 13.4. The summed E-state index contributed by atoms with van der Waals surface area (Å²) in [5, 5.41) is 12.1. The molecule has 0 saturated heterocycles. The molecule has 0 fully saturated rings. The molecule has 3 N–H and O–H groups in total. The van der Waals surface area contributed by atoms with Crippen molar-refractivity contribution in [2.75, 3.05) is 32.5 Å². The molecule has 0 bridgehead atoms. The highest BCUT2D eigenvalue weighted by atomic mass is 16.4. The van der Waals surface area contributed by atoms with Crippen molar-refractivity contribution < 1.29 is 9.90 Å². The summed E-state index contributed by atoms with van der Waals surface area (Å²) in [5.41, 5.74) is 1.76. The number of carboxylic acid groups (broad SMARTS) is 1. The second kappa shape index (κ2) is 5.71. The quantitative estimate of drug-likeness (QED) is 0.689. The molecular formula is C13H18N4O2. The summed E-state index contributed by atoms with van der Waals surface area (Å²) in [6.07, 6.45) is 1.02. The SMILES string of the molecule is CN(C)CCCNc1nc2ccc(C(=O)O)cc2[nH]1. The number of nitrogens with zero attached hydrogens (tertiary/aromatic N) is 2. The number of rotatable bonds is 6. The molecular weight excluding hydrogens is 244 g/mol.